The lowest BCUT2D eigenvalue weighted by molar-refractivity contribution is 0.283. The minimum Gasteiger partial charge on any atom is -0.330 e. The summed E-state index contributed by atoms with van der Waals surface area (Å²) in [5.74, 6) is 1.23. The highest BCUT2D eigenvalue weighted by Gasteiger charge is 2.30. The van der Waals surface area contributed by atoms with Gasteiger partial charge in [-0.05, 0) is 43.4 Å². The highest BCUT2D eigenvalue weighted by Crippen LogP contribution is 2.41. The third-order valence-electron chi connectivity index (χ3n) is 4.03. The molecule has 0 saturated heterocycles. The quantitative estimate of drug-likeness (QED) is 0.890. The first-order valence-corrected chi connectivity index (χ1v) is 7.73. The van der Waals surface area contributed by atoms with Crippen LogP contribution < -0.4 is 5.73 Å². The van der Waals surface area contributed by atoms with Crippen LogP contribution in [0.1, 0.15) is 32.6 Å². The van der Waals surface area contributed by atoms with Crippen LogP contribution in [0.15, 0.2) is 29.2 Å². The average Bonchev–Trinajstić information content (AvgIpc) is 2.41. The van der Waals surface area contributed by atoms with Crippen LogP contribution >= 0.6 is 11.8 Å². The zero-order valence-electron chi connectivity index (χ0n) is 10.9. The lowest BCUT2D eigenvalue weighted by atomic mass is 9.80. The molecule has 1 aromatic carbocycles. The van der Waals surface area contributed by atoms with E-state index in [1.165, 1.54) is 25.7 Å². The van der Waals surface area contributed by atoms with Crippen molar-refractivity contribution < 1.29 is 4.39 Å². The summed E-state index contributed by atoms with van der Waals surface area (Å²) < 4.78 is 13.7. The van der Waals surface area contributed by atoms with Gasteiger partial charge in [0.05, 0.1) is 0 Å². The first-order valence-electron chi connectivity index (χ1n) is 6.85. The SMILES string of the molecule is CCC1CCC(CN)C(Sc2ccccc2F)C1. The van der Waals surface area contributed by atoms with Crippen LogP contribution in [0.2, 0.25) is 0 Å². The van der Waals surface area contributed by atoms with Crippen LogP contribution in [0.25, 0.3) is 0 Å². The van der Waals surface area contributed by atoms with Crippen molar-refractivity contribution in [2.24, 2.45) is 17.6 Å². The molecule has 0 bridgehead atoms. The third kappa shape index (κ3) is 3.27. The van der Waals surface area contributed by atoms with Gasteiger partial charge in [-0.1, -0.05) is 31.9 Å². The fraction of sp³-hybridized carbons (Fsp3) is 0.600. The fourth-order valence-electron chi connectivity index (χ4n) is 2.76. The van der Waals surface area contributed by atoms with E-state index in [0.717, 1.165) is 17.4 Å². The fourth-order valence-corrected chi connectivity index (χ4v) is 4.23. The monoisotopic (exact) mass is 267 g/mol. The second-order valence-corrected chi connectivity index (χ2v) is 6.45. The molecule has 1 aromatic rings. The molecule has 1 saturated carbocycles. The molecule has 0 aliphatic heterocycles. The molecule has 100 valence electrons. The lowest BCUT2D eigenvalue weighted by Gasteiger charge is -2.35. The molecule has 1 nitrogen and oxygen atoms in total. The summed E-state index contributed by atoms with van der Waals surface area (Å²) in [4.78, 5) is 0.776. The molecule has 2 N–H and O–H groups in total. The second-order valence-electron chi connectivity index (χ2n) is 5.17. The van der Waals surface area contributed by atoms with Gasteiger partial charge in [-0.25, -0.2) is 4.39 Å². The van der Waals surface area contributed by atoms with Gasteiger partial charge in [0.15, 0.2) is 0 Å². The predicted molar refractivity (Wildman–Crippen MR) is 76.2 cm³/mol. The van der Waals surface area contributed by atoms with Crippen molar-refractivity contribution >= 4 is 11.8 Å². The smallest absolute Gasteiger partial charge is 0.136 e. The summed E-state index contributed by atoms with van der Waals surface area (Å²) in [6, 6.07) is 7.07. The zero-order chi connectivity index (χ0) is 13.0. The normalized spacial score (nSPS) is 28.3. The molecule has 0 radical (unpaired) electrons. The molecule has 18 heavy (non-hydrogen) atoms. The minimum absolute atomic E-state index is 0.100. The van der Waals surface area contributed by atoms with Crippen molar-refractivity contribution in [3.05, 3.63) is 30.1 Å². The van der Waals surface area contributed by atoms with E-state index in [1.54, 1.807) is 23.9 Å². The van der Waals surface area contributed by atoms with E-state index in [-0.39, 0.29) is 5.82 Å². The lowest BCUT2D eigenvalue weighted by Crippen LogP contribution is -2.32. The van der Waals surface area contributed by atoms with Gasteiger partial charge in [0.1, 0.15) is 5.82 Å². The summed E-state index contributed by atoms with van der Waals surface area (Å²) in [6.07, 6.45) is 4.89. The van der Waals surface area contributed by atoms with Crippen molar-refractivity contribution in [1.29, 1.82) is 0 Å². The first-order chi connectivity index (χ1) is 8.74. The van der Waals surface area contributed by atoms with Gasteiger partial charge in [-0.2, -0.15) is 0 Å². The van der Waals surface area contributed by atoms with Crippen molar-refractivity contribution in [2.45, 2.75) is 42.8 Å². The number of hydrogen-bond donors (Lipinski definition) is 1. The number of thioether (sulfide) groups is 1. The first kappa shape index (κ1) is 13.9. The Kier molecular flexibility index (Phi) is 5.07. The predicted octanol–water partition coefficient (Wildman–Crippen LogP) is 4.07. The molecule has 3 unspecified atom stereocenters. The van der Waals surface area contributed by atoms with E-state index < -0.39 is 0 Å². The van der Waals surface area contributed by atoms with Crippen molar-refractivity contribution in [3.8, 4) is 0 Å². The van der Waals surface area contributed by atoms with Crippen LogP contribution in [0.4, 0.5) is 4.39 Å². The summed E-state index contributed by atoms with van der Waals surface area (Å²) in [7, 11) is 0. The Balaban J connectivity index is 2.07. The maximum Gasteiger partial charge on any atom is 0.136 e. The molecule has 3 atom stereocenters. The molecule has 1 aliphatic rings. The Morgan fingerprint density at radius 1 is 1.33 bits per heavy atom. The van der Waals surface area contributed by atoms with Crippen LogP contribution in [0.5, 0.6) is 0 Å². The van der Waals surface area contributed by atoms with Crippen molar-refractivity contribution in [1.82, 2.24) is 0 Å². The topological polar surface area (TPSA) is 26.0 Å². The maximum absolute atomic E-state index is 13.7. The molecular formula is C15H22FNS. The Labute approximate surface area is 113 Å². The average molecular weight is 267 g/mol. The summed E-state index contributed by atoms with van der Waals surface area (Å²) >= 11 is 1.69. The number of halogens is 1. The number of benzene rings is 1. The van der Waals surface area contributed by atoms with Gasteiger partial charge in [-0.15, -0.1) is 11.8 Å². The van der Waals surface area contributed by atoms with Gasteiger partial charge < -0.3 is 5.73 Å². The van der Waals surface area contributed by atoms with E-state index in [1.807, 2.05) is 12.1 Å². The standard InChI is InChI=1S/C15H22FNS/c1-2-11-7-8-12(10-17)15(9-11)18-14-6-4-3-5-13(14)16/h3-6,11-12,15H,2,7-10,17H2,1H3. The van der Waals surface area contributed by atoms with Crippen molar-refractivity contribution in [2.75, 3.05) is 6.54 Å². The molecule has 2 rings (SSSR count). The van der Waals surface area contributed by atoms with Crippen LogP contribution in [-0.2, 0) is 0 Å². The Hall–Kier alpha value is -0.540. The van der Waals surface area contributed by atoms with Gasteiger partial charge >= 0.3 is 0 Å². The molecule has 0 spiro atoms. The van der Waals surface area contributed by atoms with E-state index in [4.69, 9.17) is 5.73 Å². The van der Waals surface area contributed by atoms with E-state index >= 15 is 0 Å². The Bertz CT molecular complexity index is 383. The molecule has 3 heteroatoms. The van der Waals surface area contributed by atoms with E-state index in [9.17, 15) is 4.39 Å². The van der Waals surface area contributed by atoms with Gasteiger partial charge in [0.25, 0.3) is 0 Å². The zero-order valence-corrected chi connectivity index (χ0v) is 11.8. The summed E-state index contributed by atoms with van der Waals surface area (Å²) in [5.41, 5.74) is 5.87. The Morgan fingerprint density at radius 3 is 2.78 bits per heavy atom. The molecule has 0 amide bonds. The van der Waals surface area contributed by atoms with Gasteiger partial charge in [-0.3, -0.25) is 0 Å². The highest BCUT2D eigenvalue weighted by molar-refractivity contribution is 8.00. The molecular weight excluding hydrogens is 245 g/mol. The van der Waals surface area contributed by atoms with Crippen LogP contribution in [0, 0.1) is 17.7 Å². The largest absolute Gasteiger partial charge is 0.330 e. The van der Waals surface area contributed by atoms with E-state index in [2.05, 4.69) is 6.92 Å². The molecule has 1 fully saturated rings. The highest BCUT2D eigenvalue weighted by atomic mass is 32.2. The van der Waals surface area contributed by atoms with Crippen LogP contribution in [0.3, 0.4) is 0 Å². The van der Waals surface area contributed by atoms with Crippen molar-refractivity contribution in [3.63, 3.8) is 0 Å². The Morgan fingerprint density at radius 2 is 2.11 bits per heavy atom. The van der Waals surface area contributed by atoms with Gasteiger partial charge in [0, 0.05) is 10.1 Å². The minimum atomic E-state index is -0.100. The second kappa shape index (κ2) is 6.58. The molecule has 0 heterocycles. The number of nitrogens with two attached hydrogens (primary N) is 1. The summed E-state index contributed by atoms with van der Waals surface area (Å²) in [6.45, 7) is 2.97. The third-order valence-corrected chi connectivity index (χ3v) is 5.50. The number of hydrogen-bond acceptors (Lipinski definition) is 2. The molecule has 1 aliphatic carbocycles. The number of rotatable bonds is 4. The van der Waals surface area contributed by atoms with Crippen LogP contribution in [-0.4, -0.2) is 11.8 Å². The van der Waals surface area contributed by atoms with Gasteiger partial charge in [0.2, 0.25) is 0 Å². The van der Waals surface area contributed by atoms with E-state index in [0.29, 0.717) is 11.2 Å². The summed E-state index contributed by atoms with van der Waals surface area (Å²) in [5, 5.41) is 0.477. The maximum atomic E-state index is 13.7. The molecule has 0 aromatic heterocycles.